The number of thiazole rings is 1. The molecule has 0 atom stereocenters. The van der Waals surface area contributed by atoms with E-state index in [4.69, 9.17) is 0 Å². The van der Waals surface area contributed by atoms with E-state index in [1.54, 1.807) is 16.9 Å². The Kier molecular flexibility index (Phi) is 6.53. The van der Waals surface area contributed by atoms with Gasteiger partial charge in [-0.3, -0.25) is 9.59 Å². The molecule has 1 aliphatic carbocycles. The molecule has 1 aliphatic heterocycles. The quantitative estimate of drug-likeness (QED) is 0.586. The van der Waals surface area contributed by atoms with Crippen LogP contribution >= 0.6 is 11.3 Å². The maximum atomic E-state index is 12.8. The number of hydrogen-bond acceptors (Lipinski definition) is 5. The first-order chi connectivity index (χ1) is 16.2. The Balaban J connectivity index is 1.19. The molecule has 7 nitrogen and oxygen atoms in total. The SMILES string of the molecule is O=C(Nc1ccnn1-c1ccccc1)c1csc(C2CCN(C(=O)C3CCCCC3)CC2)n1. The van der Waals surface area contributed by atoms with Gasteiger partial charge < -0.3 is 10.2 Å². The van der Waals surface area contributed by atoms with Crippen molar-refractivity contribution in [1.82, 2.24) is 19.7 Å². The van der Waals surface area contributed by atoms with Crippen LogP contribution in [0.3, 0.4) is 0 Å². The van der Waals surface area contributed by atoms with Crippen LogP contribution in [-0.4, -0.2) is 44.6 Å². The second-order valence-electron chi connectivity index (χ2n) is 8.92. The van der Waals surface area contributed by atoms with E-state index in [0.29, 0.717) is 23.3 Å². The molecule has 2 aliphatic rings. The van der Waals surface area contributed by atoms with Gasteiger partial charge in [-0.2, -0.15) is 5.10 Å². The van der Waals surface area contributed by atoms with Crippen LogP contribution < -0.4 is 5.32 Å². The summed E-state index contributed by atoms with van der Waals surface area (Å²) < 4.78 is 1.70. The average molecular weight is 464 g/mol. The summed E-state index contributed by atoms with van der Waals surface area (Å²) in [6, 6.07) is 11.5. The largest absolute Gasteiger partial charge is 0.342 e. The van der Waals surface area contributed by atoms with Gasteiger partial charge in [0.15, 0.2) is 0 Å². The van der Waals surface area contributed by atoms with Crippen LogP contribution in [0.2, 0.25) is 0 Å². The second-order valence-corrected chi connectivity index (χ2v) is 9.81. The molecular formula is C25H29N5O2S. The maximum Gasteiger partial charge on any atom is 0.276 e. The van der Waals surface area contributed by atoms with E-state index in [-0.39, 0.29) is 11.8 Å². The van der Waals surface area contributed by atoms with Crippen molar-refractivity contribution in [2.75, 3.05) is 18.4 Å². The minimum Gasteiger partial charge on any atom is -0.342 e. The highest BCUT2D eigenvalue weighted by Crippen LogP contribution is 2.33. The van der Waals surface area contributed by atoms with Crippen LogP contribution in [0, 0.1) is 5.92 Å². The van der Waals surface area contributed by atoms with Crippen molar-refractivity contribution in [1.29, 1.82) is 0 Å². The van der Waals surface area contributed by atoms with Crippen LogP contribution in [0.1, 0.15) is 66.4 Å². The minimum atomic E-state index is -0.236. The number of anilines is 1. The standard InChI is InChI=1S/C25H29N5O2S/c31-23(28-22-11-14-26-30(22)20-9-5-2-6-10-20)21-17-33-24(27-21)18-12-15-29(16-13-18)25(32)19-7-3-1-4-8-19/h2,5-6,9-11,14,17-19H,1,3-4,7-8,12-13,15-16H2,(H,28,31). The van der Waals surface area contributed by atoms with Gasteiger partial charge in [0, 0.05) is 36.4 Å². The molecule has 3 heterocycles. The molecule has 5 rings (SSSR count). The van der Waals surface area contributed by atoms with Crippen LogP contribution in [0.5, 0.6) is 0 Å². The summed E-state index contributed by atoms with van der Waals surface area (Å²) in [5.74, 6) is 1.26. The Bertz CT molecular complexity index is 1090. The summed E-state index contributed by atoms with van der Waals surface area (Å²) in [4.78, 5) is 32.4. The number of nitrogens with one attached hydrogen (secondary N) is 1. The fourth-order valence-electron chi connectivity index (χ4n) is 4.89. The smallest absolute Gasteiger partial charge is 0.276 e. The summed E-state index contributed by atoms with van der Waals surface area (Å²) in [5, 5.41) is 10.1. The number of carbonyl (C=O) groups is 2. The Morgan fingerprint density at radius 3 is 2.48 bits per heavy atom. The lowest BCUT2D eigenvalue weighted by Crippen LogP contribution is -2.41. The highest BCUT2D eigenvalue weighted by atomic mass is 32.1. The molecule has 2 fully saturated rings. The van der Waals surface area contributed by atoms with Gasteiger partial charge in [-0.1, -0.05) is 37.5 Å². The van der Waals surface area contributed by atoms with E-state index >= 15 is 0 Å². The first-order valence-corrected chi connectivity index (χ1v) is 12.7. The van der Waals surface area contributed by atoms with Gasteiger partial charge >= 0.3 is 0 Å². The minimum absolute atomic E-state index is 0.231. The van der Waals surface area contributed by atoms with Gasteiger partial charge in [0.05, 0.1) is 16.9 Å². The number of benzene rings is 1. The van der Waals surface area contributed by atoms with Crippen molar-refractivity contribution in [3.63, 3.8) is 0 Å². The normalized spacial score (nSPS) is 17.8. The molecule has 2 aromatic heterocycles. The van der Waals surface area contributed by atoms with Crippen molar-refractivity contribution >= 4 is 29.0 Å². The molecule has 33 heavy (non-hydrogen) atoms. The summed E-state index contributed by atoms with van der Waals surface area (Å²) in [5.41, 5.74) is 1.31. The summed E-state index contributed by atoms with van der Waals surface area (Å²) in [6.07, 6.45) is 9.21. The molecule has 3 aromatic rings. The number of nitrogens with zero attached hydrogens (tertiary/aromatic N) is 4. The fourth-order valence-corrected chi connectivity index (χ4v) is 5.86. The van der Waals surface area contributed by atoms with Crippen molar-refractivity contribution in [3.05, 3.63) is 58.7 Å². The Labute approximate surface area is 197 Å². The number of likely N-dealkylation sites (tertiary alicyclic amines) is 1. The predicted octanol–water partition coefficient (Wildman–Crippen LogP) is 4.87. The molecule has 1 aromatic carbocycles. The molecule has 1 saturated carbocycles. The van der Waals surface area contributed by atoms with Crippen LogP contribution in [-0.2, 0) is 4.79 Å². The highest BCUT2D eigenvalue weighted by molar-refractivity contribution is 7.10. The zero-order valence-electron chi connectivity index (χ0n) is 18.7. The van der Waals surface area contributed by atoms with Gasteiger partial charge in [-0.25, -0.2) is 9.67 Å². The number of carbonyl (C=O) groups excluding carboxylic acids is 2. The molecule has 8 heteroatoms. The van der Waals surface area contributed by atoms with Crippen molar-refractivity contribution < 1.29 is 9.59 Å². The van der Waals surface area contributed by atoms with E-state index < -0.39 is 0 Å². The molecule has 1 saturated heterocycles. The Morgan fingerprint density at radius 1 is 0.970 bits per heavy atom. The van der Waals surface area contributed by atoms with E-state index in [9.17, 15) is 9.59 Å². The first kappa shape index (κ1) is 21.8. The van der Waals surface area contributed by atoms with Crippen molar-refractivity contribution in [2.45, 2.75) is 50.9 Å². The highest BCUT2D eigenvalue weighted by Gasteiger charge is 2.30. The molecule has 0 unspecified atom stereocenters. The lowest BCUT2D eigenvalue weighted by atomic mass is 9.87. The molecular weight excluding hydrogens is 434 g/mol. The molecule has 2 amide bonds. The number of hydrogen-bond donors (Lipinski definition) is 1. The monoisotopic (exact) mass is 463 g/mol. The summed E-state index contributed by atoms with van der Waals surface area (Å²) in [6.45, 7) is 1.58. The van der Waals surface area contributed by atoms with Crippen LogP contribution in [0.25, 0.3) is 5.69 Å². The van der Waals surface area contributed by atoms with Gasteiger partial charge in [0.25, 0.3) is 5.91 Å². The topological polar surface area (TPSA) is 80.1 Å². The third-order valence-electron chi connectivity index (χ3n) is 6.75. The van der Waals surface area contributed by atoms with Gasteiger partial charge in [-0.05, 0) is 37.8 Å². The number of rotatable bonds is 5. The van der Waals surface area contributed by atoms with Gasteiger partial charge in [0.1, 0.15) is 11.5 Å². The second kappa shape index (κ2) is 9.87. The fraction of sp³-hybridized carbons (Fsp3) is 0.440. The summed E-state index contributed by atoms with van der Waals surface area (Å²) >= 11 is 1.54. The zero-order valence-corrected chi connectivity index (χ0v) is 19.5. The zero-order chi connectivity index (χ0) is 22.6. The van der Waals surface area contributed by atoms with E-state index in [1.165, 1.54) is 30.6 Å². The third-order valence-corrected chi connectivity index (χ3v) is 7.76. The number of amides is 2. The van der Waals surface area contributed by atoms with Crippen LogP contribution in [0.15, 0.2) is 48.0 Å². The molecule has 0 radical (unpaired) electrons. The van der Waals surface area contributed by atoms with Crippen molar-refractivity contribution in [2.24, 2.45) is 5.92 Å². The van der Waals surface area contributed by atoms with E-state index in [1.807, 2.05) is 35.7 Å². The summed E-state index contributed by atoms with van der Waals surface area (Å²) in [7, 11) is 0. The lowest BCUT2D eigenvalue weighted by molar-refractivity contribution is -0.137. The number of aromatic nitrogens is 3. The number of para-hydroxylation sites is 1. The Morgan fingerprint density at radius 2 is 1.73 bits per heavy atom. The van der Waals surface area contributed by atoms with E-state index in [0.717, 1.165) is 49.5 Å². The lowest BCUT2D eigenvalue weighted by Gasteiger charge is -2.34. The van der Waals surface area contributed by atoms with Crippen LogP contribution in [0.4, 0.5) is 5.82 Å². The molecule has 0 bridgehead atoms. The van der Waals surface area contributed by atoms with Gasteiger partial charge in [0.2, 0.25) is 5.91 Å². The average Bonchev–Trinajstić information content (AvgIpc) is 3.55. The Hall–Kier alpha value is -3.00. The van der Waals surface area contributed by atoms with Crippen molar-refractivity contribution in [3.8, 4) is 5.69 Å². The maximum absolute atomic E-state index is 12.8. The van der Waals surface area contributed by atoms with E-state index in [2.05, 4.69) is 20.3 Å². The third kappa shape index (κ3) is 4.85. The molecule has 1 N–H and O–H groups in total. The predicted molar refractivity (Wildman–Crippen MR) is 129 cm³/mol. The first-order valence-electron chi connectivity index (χ1n) is 11.8. The van der Waals surface area contributed by atoms with Gasteiger partial charge in [-0.15, -0.1) is 11.3 Å². The molecule has 0 spiro atoms. The molecule has 172 valence electrons. The number of piperidine rings is 1.